The number of rotatable bonds is 5. The molecule has 0 radical (unpaired) electrons. The summed E-state index contributed by atoms with van der Waals surface area (Å²) in [4.78, 5) is 21.2. The van der Waals surface area contributed by atoms with Gasteiger partial charge in [0.15, 0.2) is 0 Å². The summed E-state index contributed by atoms with van der Waals surface area (Å²) in [6.45, 7) is 8.79. The summed E-state index contributed by atoms with van der Waals surface area (Å²) in [7, 11) is 0. The van der Waals surface area contributed by atoms with Gasteiger partial charge < -0.3 is 10.6 Å². The minimum Gasteiger partial charge on any atom is -0.347 e. The molecule has 28 heavy (non-hydrogen) atoms. The van der Waals surface area contributed by atoms with Gasteiger partial charge in [-0.1, -0.05) is 63.2 Å². The van der Waals surface area contributed by atoms with E-state index in [4.69, 9.17) is 0 Å². The summed E-state index contributed by atoms with van der Waals surface area (Å²) in [5.41, 5.74) is 3.67. The van der Waals surface area contributed by atoms with E-state index in [0.29, 0.717) is 23.9 Å². The summed E-state index contributed by atoms with van der Waals surface area (Å²) in [6, 6.07) is 19.7. The molecule has 2 aromatic carbocycles. The Kier molecular flexibility index (Phi) is 5.73. The minimum absolute atomic E-state index is 0.105. The Labute approximate surface area is 166 Å². The fraction of sp³-hybridized carbons (Fsp3) is 0.261. The van der Waals surface area contributed by atoms with Gasteiger partial charge in [-0.25, -0.2) is 9.97 Å². The molecule has 0 fully saturated rings. The molecule has 2 N–H and O–H groups in total. The summed E-state index contributed by atoms with van der Waals surface area (Å²) in [5, 5.41) is 6.16. The van der Waals surface area contributed by atoms with Crippen molar-refractivity contribution in [3.8, 4) is 0 Å². The van der Waals surface area contributed by atoms with Crippen LogP contribution in [-0.4, -0.2) is 15.9 Å². The van der Waals surface area contributed by atoms with Gasteiger partial charge in [-0.05, 0) is 35.6 Å². The van der Waals surface area contributed by atoms with Crippen LogP contribution < -0.4 is 10.6 Å². The lowest BCUT2D eigenvalue weighted by atomic mass is 9.87. The Hall–Kier alpha value is -3.21. The SMILES string of the molecule is Cc1nc(Nc2ccc(C(C)(C)C)cc2)cc(C(=O)NCc2ccccc2)n1. The molecule has 144 valence electrons. The maximum atomic E-state index is 12.5. The van der Waals surface area contributed by atoms with Crippen molar-refractivity contribution < 1.29 is 4.79 Å². The van der Waals surface area contributed by atoms with E-state index in [9.17, 15) is 4.79 Å². The number of carbonyl (C=O) groups is 1. The number of nitrogens with zero attached hydrogens (tertiary/aromatic N) is 2. The van der Waals surface area contributed by atoms with Crippen LogP contribution in [0.15, 0.2) is 60.7 Å². The Balaban J connectivity index is 1.71. The number of hydrogen-bond acceptors (Lipinski definition) is 4. The molecule has 1 aromatic heterocycles. The van der Waals surface area contributed by atoms with Gasteiger partial charge in [-0.3, -0.25) is 4.79 Å². The average molecular weight is 374 g/mol. The molecule has 0 aliphatic rings. The molecular weight excluding hydrogens is 348 g/mol. The van der Waals surface area contributed by atoms with Crippen molar-refractivity contribution in [2.24, 2.45) is 0 Å². The van der Waals surface area contributed by atoms with Crippen LogP contribution >= 0.6 is 0 Å². The first-order chi connectivity index (χ1) is 13.3. The molecule has 0 aliphatic heterocycles. The number of carbonyl (C=O) groups excluding carboxylic acids is 1. The fourth-order valence-electron chi connectivity index (χ4n) is 2.82. The highest BCUT2D eigenvalue weighted by atomic mass is 16.1. The van der Waals surface area contributed by atoms with Crippen molar-refractivity contribution in [1.29, 1.82) is 0 Å². The van der Waals surface area contributed by atoms with Crippen LogP contribution in [0.4, 0.5) is 11.5 Å². The molecule has 3 rings (SSSR count). The molecule has 5 nitrogen and oxygen atoms in total. The first kappa shape index (κ1) is 19.5. The number of hydrogen-bond donors (Lipinski definition) is 2. The van der Waals surface area contributed by atoms with Crippen molar-refractivity contribution in [3.05, 3.63) is 83.3 Å². The number of nitrogens with one attached hydrogen (secondary N) is 2. The van der Waals surface area contributed by atoms with Gasteiger partial charge in [0.25, 0.3) is 5.91 Å². The van der Waals surface area contributed by atoms with Crippen molar-refractivity contribution in [1.82, 2.24) is 15.3 Å². The number of anilines is 2. The van der Waals surface area contributed by atoms with Gasteiger partial charge in [0.05, 0.1) is 0 Å². The summed E-state index contributed by atoms with van der Waals surface area (Å²) in [6.07, 6.45) is 0. The third-order valence-corrected chi connectivity index (χ3v) is 4.39. The molecule has 1 amide bonds. The standard InChI is InChI=1S/C23H26N4O/c1-16-25-20(22(28)24-15-17-8-6-5-7-9-17)14-21(26-16)27-19-12-10-18(11-13-19)23(2,3)4/h5-14H,15H2,1-4H3,(H,24,28)(H,25,26,27). The van der Waals surface area contributed by atoms with E-state index < -0.39 is 0 Å². The Morgan fingerprint density at radius 3 is 2.29 bits per heavy atom. The largest absolute Gasteiger partial charge is 0.347 e. The summed E-state index contributed by atoms with van der Waals surface area (Å²) >= 11 is 0. The van der Waals surface area contributed by atoms with Gasteiger partial charge in [0.1, 0.15) is 17.3 Å². The second-order valence-electron chi connectivity index (χ2n) is 7.81. The highest BCUT2D eigenvalue weighted by molar-refractivity contribution is 5.93. The van der Waals surface area contributed by atoms with Crippen LogP contribution in [0.5, 0.6) is 0 Å². The van der Waals surface area contributed by atoms with Gasteiger partial charge in [0.2, 0.25) is 0 Å². The van der Waals surface area contributed by atoms with Crippen LogP contribution in [0.25, 0.3) is 0 Å². The Morgan fingerprint density at radius 2 is 1.64 bits per heavy atom. The van der Waals surface area contributed by atoms with E-state index in [2.05, 4.69) is 53.5 Å². The molecule has 5 heteroatoms. The van der Waals surface area contributed by atoms with Crippen LogP contribution in [-0.2, 0) is 12.0 Å². The van der Waals surface area contributed by atoms with Gasteiger partial charge in [0, 0.05) is 18.3 Å². The van der Waals surface area contributed by atoms with E-state index in [1.54, 1.807) is 13.0 Å². The first-order valence-corrected chi connectivity index (χ1v) is 9.37. The molecule has 0 aliphatic carbocycles. The van der Waals surface area contributed by atoms with Crippen LogP contribution in [0.1, 0.15) is 48.2 Å². The monoisotopic (exact) mass is 374 g/mol. The molecule has 0 unspecified atom stereocenters. The van der Waals surface area contributed by atoms with E-state index in [1.807, 2.05) is 42.5 Å². The van der Waals surface area contributed by atoms with Crippen LogP contribution in [0.2, 0.25) is 0 Å². The molecule has 3 aromatic rings. The molecule has 0 atom stereocenters. The number of aromatic nitrogens is 2. The van der Waals surface area contributed by atoms with Crippen molar-refractivity contribution in [2.45, 2.75) is 39.7 Å². The molecule has 0 bridgehead atoms. The van der Waals surface area contributed by atoms with Gasteiger partial charge in [-0.15, -0.1) is 0 Å². The third kappa shape index (κ3) is 5.16. The second kappa shape index (κ2) is 8.21. The second-order valence-corrected chi connectivity index (χ2v) is 7.81. The maximum Gasteiger partial charge on any atom is 0.270 e. The summed E-state index contributed by atoms with van der Waals surface area (Å²) in [5.74, 6) is 0.919. The number of amides is 1. The zero-order valence-corrected chi connectivity index (χ0v) is 16.8. The highest BCUT2D eigenvalue weighted by Crippen LogP contribution is 2.24. The van der Waals surface area contributed by atoms with Crippen molar-refractivity contribution in [3.63, 3.8) is 0 Å². The lowest BCUT2D eigenvalue weighted by molar-refractivity contribution is 0.0945. The predicted octanol–water partition coefficient (Wildman–Crippen LogP) is 4.76. The molecule has 1 heterocycles. The molecular formula is C23H26N4O. The van der Waals surface area contributed by atoms with Crippen molar-refractivity contribution in [2.75, 3.05) is 5.32 Å². The van der Waals surface area contributed by atoms with E-state index in [1.165, 1.54) is 5.56 Å². The molecule has 0 saturated carbocycles. The topological polar surface area (TPSA) is 66.9 Å². The predicted molar refractivity (Wildman–Crippen MR) is 113 cm³/mol. The van der Waals surface area contributed by atoms with Crippen LogP contribution in [0.3, 0.4) is 0 Å². The lowest BCUT2D eigenvalue weighted by Gasteiger charge is -2.19. The third-order valence-electron chi connectivity index (χ3n) is 4.39. The number of aryl methyl sites for hydroxylation is 1. The fourth-order valence-corrected chi connectivity index (χ4v) is 2.82. The van der Waals surface area contributed by atoms with Crippen molar-refractivity contribution >= 4 is 17.4 Å². The van der Waals surface area contributed by atoms with Gasteiger partial charge >= 0.3 is 0 Å². The first-order valence-electron chi connectivity index (χ1n) is 9.37. The van der Waals surface area contributed by atoms with Gasteiger partial charge in [-0.2, -0.15) is 0 Å². The lowest BCUT2D eigenvalue weighted by Crippen LogP contribution is -2.24. The maximum absolute atomic E-state index is 12.5. The Bertz CT molecular complexity index is 945. The smallest absolute Gasteiger partial charge is 0.270 e. The van der Waals surface area contributed by atoms with E-state index >= 15 is 0 Å². The summed E-state index contributed by atoms with van der Waals surface area (Å²) < 4.78 is 0. The average Bonchev–Trinajstić information content (AvgIpc) is 2.66. The number of benzene rings is 2. The zero-order valence-electron chi connectivity index (χ0n) is 16.8. The Morgan fingerprint density at radius 1 is 0.964 bits per heavy atom. The highest BCUT2D eigenvalue weighted by Gasteiger charge is 2.14. The zero-order chi connectivity index (χ0) is 20.1. The van der Waals surface area contributed by atoms with E-state index in [-0.39, 0.29) is 11.3 Å². The molecule has 0 spiro atoms. The molecule has 0 saturated heterocycles. The quantitative estimate of drug-likeness (QED) is 0.676. The minimum atomic E-state index is -0.222. The normalized spacial score (nSPS) is 11.1. The van der Waals surface area contributed by atoms with E-state index in [0.717, 1.165) is 11.3 Å². The van der Waals surface area contributed by atoms with Crippen LogP contribution in [0, 0.1) is 6.92 Å².